The number of fused-ring (bicyclic) bond motifs is 1. The Morgan fingerprint density at radius 2 is 1.95 bits per heavy atom. The Morgan fingerprint density at radius 1 is 1.18 bits per heavy atom. The summed E-state index contributed by atoms with van der Waals surface area (Å²) < 4.78 is 0. The fraction of sp³-hybridized carbons (Fsp3) is 0.222. The van der Waals surface area contributed by atoms with Crippen molar-refractivity contribution in [3.05, 3.63) is 58.5 Å². The summed E-state index contributed by atoms with van der Waals surface area (Å²) in [6.07, 6.45) is 4.14. The van der Waals surface area contributed by atoms with Crippen molar-refractivity contribution in [1.29, 1.82) is 0 Å². The van der Waals surface area contributed by atoms with Crippen LogP contribution in [0.3, 0.4) is 0 Å². The Morgan fingerprint density at radius 3 is 2.73 bits per heavy atom. The van der Waals surface area contributed by atoms with Gasteiger partial charge in [-0.1, -0.05) is 30.3 Å². The van der Waals surface area contributed by atoms with Crippen LogP contribution in [0.2, 0.25) is 0 Å². The highest BCUT2D eigenvalue weighted by Gasteiger charge is 2.28. The second-order valence-electron chi connectivity index (χ2n) is 5.73. The molecule has 22 heavy (non-hydrogen) atoms. The lowest BCUT2D eigenvalue weighted by molar-refractivity contribution is 0.0996. The highest BCUT2D eigenvalue weighted by Crippen LogP contribution is 2.42. The number of anilines is 1. The second-order valence-corrected chi connectivity index (χ2v) is 6.79. The van der Waals surface area contributed by atoms with E-state index in [1.54, 1.807) is 11.1 Å². The minimum atomic E-state index is 0.0136. The van der Waals surface area contributed by atoms with E-state index in [4.69, 9.17) is 0 Å². The number of aromatic nitrogens is 1. The first-order chi connectivity index (χ1) is 10.7. The maximum Gasteiger partial charge on any atom is 0.269 e. The molecular formula is C18H16N2OS. The van der Waals surface area contributed by atoms with Gasteiger partial charge in [0, 0.05) is 18.7 Å². The number of carbonyl (C=O) groups excluding carboxylic acids is 1. The largest absolute Gasteiger partial charge is 0.311 e. The number of benzene rings is 2. The second kappa shape index (κ2) is 5.21. The molecule has 0 aliphatic heterocycles. The van der Waals surface area contributed by atoms with Crippen molar-refractivity contribution in [2.75, 3.05) is 11.9 Å². The minimum Gasteiger partial charge on any atom is -0.311 e. The minimum absolute atomic E-state index is 0.0136. The van der Waals surface area contributed by atoms with Crippen LogP contribution < -0.4 is 4.90 Å². The van der Waals surface area contributed by atoms with Gasteiger partial charge in [-0.2, -0.15) is 0 Å². The van der Waals surface area contributed by atoms with E-state index in [2.05, 4.69) is 29.2 Å². The Hall–Kier alpha value is -2.20. The van der Waals surface area contributed by atoms with Crippen LogP contribution in [-0.4, -0.2) is 17.9 Å². The van der Waals surface area contributed by atoms with Crippen LogP contribution >= 0.6 is 11.3 Å². The topological polar surface area (TPSA) is 33.2 Å². The summed E-state index contributed by atoms with van der Waals surface area (Å²) in [5.74, 6) is 0.609. The molecule has 0 saturated heterocycles. The fourth-order valence-electron chi connectivity index (χ4n) is 2.57. The van der Waals surface area contributed by atoms with Gasteiger partial charge in [-0.3, -0.25) is 4.79 Å². The lowest BCUT2D eigenvalue weighted by atomic mass is 10.1. The van der Waals surface area contributed by atoms with E-state index >= 15 is 0 Å². The number of rotatable bonds is 3. The summed E-state index contributed by atoms with van der Waals surface area (Å²) in [7, 11) is 1.82. The van der Waals surface area contributed by atoms with E-state index < -0.39 is 0 Å². The Bertz CT molecular complexity index is 851. The van der Waals surface area contributed by atoms with Crippen molar-refractivity contribution < 1.29 is 4.79 Å². The summed E-state index contributed by atoms with van der Waals surface area (Å²) in [4.78, 5) is 19.5. The third-order valence-electron chi connectivity index (χ3n) is 4.09. The van der Waals surface area contributed by atoms with Gasteiger partial charge in [-0.25, -0.2) is 4.98 Å². The van der Waals surface area contributed by atoms with E-state index in [9.17, 15) is 4.79 Å². The molecule has 0 spiro atoms. The first-order valence-corrected chi connectivity index (χ1v) is 8.26. The Kier molecular flexibility index (Phi) is 3.19. The molecule has 1 fully saturated rings. The van der Waals surface area contributed by atoms with Crippen molar-refractivity contribution in [3.8, 4) is 0 Å². The quantitative estimate of drug-likeness (QED) is 0.716. The van der Waals surface area contributed by atoms with E-state index in [1.807, 2.05) is 25.2 Å². The van der Waals surface area contributed by atoms with E-state index in [0.29, 0.717) is 5.92 Å². The van der Waals surface area contributed by atoms with Crippen molar-refractivity contribution >= 4 is 33.7 Å². The SMILES string of the molecule is CN(C(=O)c1cnc(C2CC2)s1)c1ccc2ccccc2c1. The predicted molar refractivity (Wildman–Crippen MR) is 90.8 cm³/mol. The summed E-state index contributed by atoms with van der Waals surface area (Å²) >= 11 is 1.54. The smallest absolute Gasteiger partial charge is 0.269 e. The summed E-state index contributed by atoms with van der Waals surface area (Å²) in [6, 6.07) is 14.3. The summed E-state index contributed by atoms with van der Waals surface area (Å²) in [6.45, 7) is 0. The first-order valence-electron chi connectivity index (χ1n) is 7.45. The highest BCUT2D eigenvalue weighted by molar-refractivity contribution is 7.13. The van der Waals surface area contributed by atoms with Crippen LogP contribution in [0.25, 0.3) is 10.8 Å². The van der Waals surface area contributed by atoms with Gasteiger partial charge in [-0.05, 0) is 35.7 Å². The molecule has 1 saturated carbocycles. The predicted octanol–water partition coefficient (Wildman–Crippen LogP) is 4.45. The molecule has 0 bridgehead atoms. The molecule has 1 aromatic heterocycles. The number of thiazole rings is 1. The zero-order valence-corrected chi connectivity index (χ0v) is 13.1. The number of nitrogens with zero attached hydrogens (tertiary/aromatic N) is 2. The standard InChI is InChI=1S/C18H16N2OS/c1-20(15-9-8-12-4-2-3-5-14(12)10-15)18(21)16-11-19-17(22-16)13-6-7-13/h2-5,8-11,13H,6-7H2,1H3. The zero-order chi connectivity index (χ0) is 15.1. The number of amides is 1. The molecule has 1 amide bonds. The Labute approximate surface area is 133 Å². The van der Waals surface area contributed by atoms with Gasteiger partial charge in [0.05, 0.1) is 11.2 Å². The molecule has 110 valence electrons. The molecule has 4 rings (SSSR count). The van der Waals surface area contributed by atoms with Crippen molar-refractivity contribution in [2.45, 2.75) is 18.8 Å². The van der Waals surface area contributed by atoms with Crippen molar-refractivity contribution in [2.24, 2.45) is 0 Å². The third kappa shape index (κ3) is 2.40. The van der Waals surface area contributed by atoms with Crippen LogP contribution in [0, 0.1) is 0 Å². The molecule has 0 N–H and O–H groups in total. The van der Waals surface area contributed by atoms with Gasteiger partial charge in [0.2, 0.25) is 0 Å². The van der Waals surface area contributed by atoms with Gasteiger partial charge in [0.15, 0.2) is 0 Å². The molecule has 4 heteroatoms. The highest BCUT2D eigenvalue weighted by atomic mass is 32.1. The van der Waals surface area contributed by atoms with E-state index in [0.717, 1.165) is 21.0 Å². The first kappa shape index (κ1) is 13.5. The lowest BCUT2D eigenvalue weighted by Gasteiger charge is -2.16. The van der Waals surface area contributed by atoms with Crippen LogP contribution in [0.15, 0.2) is 48.7 Å². The van der Waals surface area contributed by atoms with Crippen LogP contribution in [0.5, 0.6) is 0 Å². The van der Waals surface area contributed by atoms with Gasteiger partial charge >= 0.3 is 0 Å². The number of hydrogen-bond acceptors (Lipinski definition) is 3. The molecule has 0 atom stereocenters. The van der Waals surface area contributed by atoms with Crippen LogP contribution in [-0.2, 0) is 0 Å². The fourth-order valence-corrected chi connectivity index (χ4v) is 3.64. The molecule has 1 heterocycles. The van der Waals surface area contributed by atoms with E-state index in [1.165, 1.54) is 29.6 Å². The molecule has 0 radical (unpaired) electrons. The van der Waals surface area contributed by atoms with Crippen LogP contribution in [0.1, 0.15) is 33.4 Å². The summed E-state index contributed by atoms with van der Waals surface area (Å²) in [5.41, 5.74) is 0.907. The summed E-state index contributed by atoms with van der Waals surface area (Å²) in [5, 5.41) is 3.43. The van der Waals surface area contributed by atoms with Crippen molar-refractivity contribution in [3.63, 3.8) is 0 Å². The zero-order valence-electron chi connectivity index (χ0n) is 12.3. The van der Waals surface area contributed by atoms with Gasteiger partial charge in [0.25, 0.3) is 5.91 Å². The Balaban J connectivity index is 1.63. The maximum absolute atomic E-state index is 12.6. The van der Waals surface area contributed by atoms with Gasteiger partial charge < -0.3 is 4.90 Å². The number of carbonyl (C=O) groups is 1. The maximum atomic E-state index is 12.6. The molecule has 1 aliphatic carbocycles. The average molecular weight is 308 g/mol. The molecular weight excluding hydrogens is 292 g/mol. The lowest BCUT2D eigenvalue weighted by Crippen LogP contribution is -2.25. The van der Waals surface area contributed by atoms with Gasteiger partial charge in [0.1, 0.15) is 4.88 Å². The average Bonchev–Trinajstić information content (AvgIpc) is 3.30. The molecule has 3 aromatic rings. The third-order valence-corrected chi connectivity index (χ3v) is 5.23. The van der Waals surface area contributed by atoms with E-state index in [-0.39, 0.29) is 5.91 Å². The molecule has 2 aromatic carbocycles. The number of hydrogen-bond donors (Lipinski definition) is 0. The van der Waals surface area contributed by atoms with Crippen molar-refractivity contribution in [1.82, 2.24) is 4.98 Å². The monoisotopic (exact) mass is 308 g/mol. The normalized spacial score (nSPS) is 14.2. The molecule has 1 aliphatic rings. The van der Waals surface area contributed by atoms with Crippen LogP contribution in [0.4, 0.5) is 5.69 Å². The molecule has 3 nitrogen and oxygen atoms in total. The van der Waals surface area contributed by atoms with Gasteiger partial charge in [-0.15, -0.1) is 11.3 Å². The molecule has 0 unspecified atom stereocenters.